The molecule has 1 fully saturated rings. The highest BCUT2D eigenvalue weighted by Gasteiger charge is 2.18. The number of nitrogens with one attached hydrogen (secondary N) is 3. The molecule has 2 amide bonds. The van der Waals surface area contributed by atoms with E-state index in [4.69, 9.17) is 0 Å². The monoisotopic (exact) mass is 383 g/mol. The van der Waals surface area contributed by atoms with Crippen molar-refractivity contribution in [2.45, 2.75) is 25.8 Å². The van der Waals surface area contributed by atoms with Crippen LogP contribution in [0, 0.1) is 0 Å². The Morgan fingerprint density at radius 1 is 1.12 bits per heavy atom. The molecular formula is C17H23Cl2N5O. The lowest BCUT2D eigenvalue weighted by Gasteiger charge is -2.16. The number of halogens is 2. The Bertz CT molecular complexity index is 687. The summed E-state index contributed by atoms with van der Waals surface area (Å²) in [5.41, 5.74) is 4.20. The van der Waals surface area contributed by atoms with E-state index in [-0.39, 0.29) is 30.8 Å². The first-order valence-electron chi connectivity index (χ1n) is 8.24. The highest BCUT2D eigenvalue weighted by molar-refractivity contribution is 5.89. The molecule has 0 spiro atoms. The summed E-state index contributed by atoms with van der Waals surface area (Å²) in [7, 11) is 0. The van der Waals surface area contributed by atoms with Crippen LogP contribution in [0.15, 0.2) is 24.3 Å². The van der Waals surface area contributed by atoms with Crippen molar-refractivity contribution in [2.24, 2.45) is 0 Å². The predicted octanol–water partition coefficient (Wildman–Crippen LogP) is 3.19. The van der Waals surface area contributed by atoms with Crippen molar-refractivity contribution in [2.75, 3.05) is 25.0 Å². The summed E-state index contributed by atoms with van der Waals surface area (Å²) in [5, 5.41) is 6.30. The largest absolute Gasteiger partial charge is 0.341 e. The number of imidazole rings is 1. The maximum atomic E-state index is 12.1. The molecule has 0 aliphatic carbocycles. The molecule has 0 unspecified atom stereocenters. The van der Waals surface area contributed by atoms with E-state index in [0.29, 0.717) is 0 Å². The van der Waals surface area contributed by atoms with Crippen molar-refractivity contribution in [3.05, 3.63) is 35.7 Å². The maximum absolute atomic E-state index is 12.1. The van der Waals surface area contributed by atoms with Gasteiger partial charge in [0.2, 0.25) is 0 Å². The third kappa shape index (κ3) is 4.26. The molecule has 1 saturated heterocycles. The molecule has 25 heavy (non-hydrogen) atoms. The summed E-state index contributed by atoms with van der Waals surface area (Å²) in [5.74, 6) is 0.899. The Kier molecular flexibility index (Phi) is 6.70. The summed E-state index contributed by atoms with van der Waals surface area (Å²) < 4.78 is 0. The van der Waals surface area contributed by atoms with Crippen molar-refractivity contribution < 1.29 is 4.79 Å². The fraction of sp³-hybridized carbons (Fsp3) is 0.412. The molecule has 1 aromatic heterocycles. The predicted molar refractivity (Wildman–Crippen MR) is 104 cm³/mol. The van der Waals surface area contributed by atoms with E-state index in [0.717, 1.165) is 68.2 Å². The molecule has 4 rings (SSSR count). The number of hydrogen-bond acceptors (Lipinski definition) is 3. The van der Waals surface area contributed by atoms with Crippen LogP contribution in [-0.4, -0.2) is 40.5 Å². The van der Waals surface area contributed by atoms with Crippen LogP contribution in [-0.2, 0) is 13.0 Å². The first kappa shape index (κ1) is 19.6. The number of fused-ring (bicyclic) bond motifs is 1. The Balaban J connectivity index is 0.00000113. The molecule has 0 saturated carbocycles. The maximum Gasteiger partial charge on any atom is 0.321 e. The van der Waals surface area contributed by atoms with E-state index in [9.17, 15) is 4.79 Å². The van der Waals surface area contributed by atoms with Crippen LogP contribution in [0.1, 0.15) is 24.2 Å². The summed E-state index contributed by atoms with van der Waals surface area (Å²) >= 11 is 0. The van der Waals surface area contributed by atoms with Crippen molar-refractivity contribution in [1.82, 2.24) is 20.2 Å². The molecule has 2 aromatic rings. The lowest BCUT2D eigenvalue weighted by atomic mass is 10.2. The number of anilines is 1. The molecule has 2 aliphatic heterocycles. The summed E-state index contributed by atoms with van der Waals surface area (Å²) in [4.78, 5) is 22.0. The fourth-order valence-electron chi connectivity index (χ4n) is 3.19. The number of nitrogens with zero attached hydrogens (tertiary/aromatic N) is 2. The number of hydrogen-bond donors (Lipinski definition) is 3. The van der Waals surface area contributed by atoms with Gasteiger partial charge in [0.05, 0.1) is 11.4 Å². The molecule has 3 heterocycles. The Hall–Kier alpha value is -1.76. The highest BCUT2D eigenvalue weighted by Crippen LogP contribution is 2.22. The molecule has 136 valence electrons. The van der Waals surface area contributed by atoms with Crippen LogP contribution in [0.5, 0.6) is 0 Å². The van der Waals surface area contributed by atoms with Gasteiger partial charge in [-0.25, -0.2) is 9.78 Å². The minimum atomic E-state index is -0.00483. The van der Waals surface area contributed by atoms with Gasteiger partial charge in [0.15, 0.2) is 0 Å². The molecule has 6 nitrogen and oxygen atoms in total. The second-order valence-corrected chi connectivity index (χ2v) is 6.14. The van der Waals surface area contributed by atoms with Crippen LogP contribution in [0.2, 0.25) is 0 Å². The molecule has 3 N–H and O–H groups in total. The van der Waals surface area contributed by atoms with Crippen molar-refractivity contribution >= 4 is 36.5 Å². The zero-order chi connectivity index (χ0) is 15.6. The van der Waals surface area contributed by atoms with E-state index < -0.39 is 0 Å². The van der Waals surface area contributed by atoms with Gasteiger partial charge in [-0.05, 0) is 37.1 Å². The van der Waals surface area contributed by atoms with Crippen molar-refractivity contribution in [3.63, 3.8) is 0 Å². The number of rotatable bonds is 2. The number of carbonyl (C=O) groups excluding carboxylic acids is 1. The number of aromatic nitrogens is 2. The van der Waals surface area contributed by atoms with Gasteiger partial charge in [-0.1, -0.05) is 0 Å². The van der Waals surface area contributed by atoms with Gasteiger partial charge < -0.3 is 20.5 Å². The summed E-state index contributed by atoms with van der Waals surface area (Å²) in [6, 6.07) is 7.86. The molecule has 0 radical (unpaired) electrons. The molecular weight excluding hydrogens is 361 g/mol. The lowest BCUT2D eigenvalue weighted by Crippen LogP contribution is -2.32. The third-order valence-corrected chi connectivity index (χ3v) is 4.51. The number of benzene rings is 1. The van der Waals surface area contributed by atoms with E-state index in [1.165, 1.54) is 5.69 Å². The number of carbonyl (C=O) groups is 1. The Labute approximate surface area is 159 Å². The van der Waals surface area contributed by atoms with Crippen molar-refractivity contribution in [3.8, 4) is 11.4 Å². The third-order valence-electron chi connectivity index (χ3n) is 4.51. The number of aromatic amines is 1. The second kappa shape index (κ2) is 8.56. The van der Waals surface area contributed by atoms with Gasteiger partial charge in [-0.15, -0.1) is 24.8 Å². The van der Waals surface area contributed by atoms with Gasteiger partial charge >= 0.3 is 6.03 Å². The molecule has 2 aliphatic rings. The standard InChI is InChI=1S/C17H21N5O.2ClH/c23-17(22-9-1-2-10-22)19-13-5-3-12(4-6-13)16-20-14-7-8-18-11-15(14)21-16;;/h3-6,18H,1-2,7-11H2,(H,19,23)(H,20,21);2*1H. The van der Waals surface area contributed by atoms with Crippen LogP contribution in [0.4, 0.5) is 10.5 Å². The van der Waals surface area contributed by atoms with Gasteiger partial charge in [0, 0.05) is 43.9 Å². The van der Waals surface area contributed by atoms with Crippen LogP contribution in [0.3, 0.4) is 0 Å². The number of amides is 2. The molecule has 8 heteroatoms. The zero-order valence-electron chi connectivity index (χ0n) is 13.9. The Morgan fingerprint density at radius 2 is 1.84 bits per heavy atom. The number of likely N-dealkylation sites (tertiary alicyclic amines) is 1. The Morgan fingerprint density at radius 3 is 2.52 bits per heavy atom. The van der Waals surface area contributed by atoms with Crippen LogP contribution >= 0.6 is 24.8 Å². The van der Waals surface area contributed by atoms with Crippen molar-refractivity contribution in [1.29, 1.82) is 0 Å². The van der Waals surface area contributed by atoms with E-state index in [1.807, 2.05) is 29.2 Å². The van der Waals surface area contributed by atoms with E-state index >= 15 is 0 Å². The lowest BCUT2D eigenvalue weighted by molar-refractivity contribution is 0.222. The van der Waals surface area contributed by atoms with Gasteiger partial charge in [-0.2, -0.15) is 0 Å². The zero-order valence-corrected chi connectivity index (χ0v) is 15.5. The van der Waals surface area contributed by atoms with Gasteiger partial charge in [0.25, 0.3) is 0 Å². The second-order valence-electron chi connectivity index (χ2n) is 6.14. The first-order chi connectivity index (χ1) is 11.3. The first-order valence-corrected chi connectivity index (χ1v) is 8.24. The fourth-order valence-corrected chi connectivity index (χ4v) is 3.19. The van der Waals surface area contributed by atoms with E-state index in [2.05, 4.69) is 20.6 Å². The average Bonchev–Trinajstić information content (AvgIpc) is 3.25. The van der Waals surface area contributed by atoms with Crippen LogP contribution < -0.4 is 10.6 Å². The van der Waals surface area contributed by atoms with Crippen LogP contribution in [0.25, 0.3) is 11.4 Å². The average molecular weight is 384 g/mol. The number of H-pyrrole nitrogens is 1. The highest BCUT2D eigenvalue weighted by atomic mass is 35.5. The molecule has 0 bridgehead atoms. The normalized spacial score (nSPS) is 15.8. The summed E-state index contributed by atoms with van der Waals surface area (Å²) in [6.07, 6.45) is 3.17. The van der Waals surface area contributed by atoms with Gasteiger partial charge in [0.1, 0.15) is 5.82 Å². The quantitative estimate of drug-likeness (QED) is 0.745. The molecule has 0 atom stereocenters. The minimum Gasteiger partial charge on any atom is -0.341 e. The molecule has 1 aromatic carbocycles. The van der Waals surface area contributed by atoms with Gasteiger partial charge in [-0.3, -0.25) is 0 Å². The van der Waals surface area contributed by atoms with E-state index in [1.54, 1.807) is 0 Å². The SMILES string of the molecule is Cl.Cl.O=C(Nc1ccc(-c2nc3c([nH]2)CNCC3)cc1)N1CCCC1. The minimum absolute atomic E-state index is 0. The summed E-state index contributed by atoms with van der Waals surface area (Å²) in [6.45, 7) is 3.55. The topological polar surface area (TPSA) is 73.0 Å². The smallest absolute Gasteiger partial charge is 0.321 e. The number of urea groups is 1.